The van der Waals surface area contributed by atoms with Crippen LogP contribution in [0.25, 0.3) is 0 Å². The molecule has 3 nitrogen and oxygen atoms in total. The Labute approximate surface area is 229 Å². The third kappa shape index (κ3) is 18.4. The highest BCUT2D eigenvalue weighted by Crippen LogP contribution is 2.27. The van der Waals surface area contributed by atoms with Gasteiger partial charge in [0.1, 0.15) is 0 Å². The summed E-state index contributed by atoms with van der Waals surface area (Å²) in [5, 5.41) is 21.0. The van der Waals surface area contributed by atoms with Gasteiger partial charge >= 0.3 is 0 Å². The maximum Gasteiger partial charge on any atom is 0.0602 e. The van der Waals surface area contributed by atoms with Gasteiger partial charge in [0.15, 0.2) is 0 Å². The van der Waals surface area contributed by atoms with Crippen LogP contribution in [0.2, 0.25) is 0 Å². The van der Waals surface area contributed by atoms with E-state index < -0.39 is 12.2 Å². The summed E-state index contributed by atoms with van der Waals surface area (Å²) in [6.07, 6.45) is 19.9. The number of halogens is 2. The van der Waals surface area contributed by atoms with Crippen molar-refractivity contribution in [2.45, 2.75) is 166 Å². The van der Waals surface area contributed by atoms with Crippen molar-refractivity contribution in [3.63, 3.8) is 0 Å². The molecule has 0 aromatic heterocycles. The number of rotatable bonds is 26. The van der Waals surface area contributed by atoms with Gasteiger partial charge in [-0.2, -0.15) is 0 Å². The van der Waals surface area contributed by atoms with E-state index in [-0.39, 0.29) is 22.6 Å². The van der Waals surface area contributed by atoms with Gasteiger partial charge in [0.05, 0.1) is 25.4 Å². The van der Waals surface area contributed by atoms with E-state index in [1.807, 2.05) is 13.8 Å². The van der Waals surface area contributed by atoms with Crippen molar-refractivity contribution in [2.24, 2.45) is 11.8 Å². The maximum atomic E-state index is 10.6. The number of ether oxygens (including phenoxy) is 1. The van der Waals surface area contributed by atoms with Crippen molar-refractivity contribution in [1.82, 2.24) is 0 Å². The second-order valence-corrected chi connectivity index (χ2v) is 11.8. The fraction of sp³-hybridized carbons (Fsp3) is 1.00. The second-order valence-electron chi connectivity index (χ2n) is 10.7. The van der Waals surface area contributed by atoms with Crippen LogP contribution in [0.4, 0.5) is 0 Å². The molecular weight excluding hydrogens is 479 g/mol. The highest BCUT2D eigenvalue weighted by atomic mass is 35.5. The zero-order valence-electron chi connectivity index (χ0n) is 23.7. The average molecular weight is 540 g/mol. The first-order valence-corrected chi connectivity index (χ1v) is 16.0. The smallest absolute Gasteiger partial charge is 0.0602 e. The van der Waals surface area contributed by atoms with Crippen LogP contribution in [0.15, 0.2) is 0 Å². The van der Waals surface area contributed by atoms with Gasteiger partial charge in [0, 0.05) is 22.6 Å². The van der Waals surface area contributed by atoms with Crippen LogP contribution in [0.5, 0.6) is 0 Å². The Kier molecular flexibility index (Phi) is 25.1. The maximum absolute atomic E-state index is 10.6. The zero-order valence-corrected chi connectivity index (χ0v) is 25.2. The first kappa shape index (κ1) is 35.5. The fourth-order valence-corrected chi connectivity index (χ4v) is 5.67. The monoisotopic (exact) mass is 538 g/mol. The zero-order chi connectivity index (χ0) is 26.3. The summed E-state index contributed by atoms with van der Waals surface area (Å²) in [4.78, 5) is 0. The molecule has 6 unspecified atom stereocenters. The Balaban J connectivity index is 4.49. The molecule has 0 spiro atoms. The van der Waals surface area contributed by atoms with E-state index in [0.29, 0.717) is 26.1 Å². The number of aliphatic hydroxyl groups excluding tert-OH is 2. The van der Waals surface area contributed by atoms with Crippen LogP contribution >= 0.6 is 23.2 Å². The van der Waals surface area contributed by atoms with Crippen molar-refractivity contribution in [2.75, 3.05) is 13.2 Å². The lowest BCUT2D eigenvalue weighted by atomic mass is 9.92. The van der Waals surface area contributed by atoms with Crippen molar-refractivity contribution in [3.05, 3.63) is 0 Å². The molecule has 0 saturated heterocycles. The molecule has 212 valence electrons. The van der Waals surface area contributed by atoms with Gasteiger partial charge in [-0.15, -0.1) is 23.2 Å². The molecule has 0 heterocycles. The summed E-state index contributed by atoms with van der Waals surface area (Å²) in [5.74, 6) is -0.170. The van der Waals surface area contributed by atoms with Crippen molar-refractivity contribution in [3.8, 4) is 0 Å². The molecule has 0 radical (unpaired) electrons. The molecule has 0 aromatic carbocycles. The predicted molar refractivity (Wildman–Crippen MR) is 155 cm³/mol. The molecule has 0 amide bonds. The van der Waals surface area contributed by atoms with Crippen LogP contribution in [-0.2, 0) is 4.74 Å². The van der Waals surface area contributed by atoms with Crippen LogP contribution in [0.3, 0.4) is 0 Å². The highest BCUT2D eigenvalue weighted by molar-refractivity contribution is 6.21. The van der Waals surface area contributed by atoms with E-state index >= 15 is 0 Å². The predicted octanol–water partition coefficient (Wildman–Crippen LogP) is 9.27. The molecule has 0 aliphatic carbocycles. The van der Waals surface area contributed by atoms with Crippen LogP contribution in [0.1, 0.15) is 143 Å². The minimum atomic E-state index is -0.462. The Hall–Kier alpha value is 0.460. The summed E-state index contributed by atoms with van der Waals surface area (Å²) in [6.45, 7) is 9.33. The number of hydrogen-bond donors (Lipinski definition) is 2. The molecule has 0 aliphatic heterocycles. The van der Waals surface area contributed by atoms with Crippen molar-refractivity contribution in [1.29, 1.82) is 0 Å². The third-order valence-electron chi connectivity index (χ3n) is 7.54. The van der Waals surface area contributed by atoms with E-state index in [4.69, 9.17) is 27.9 Å². The normalized spacial score (nSPS) is 17.1. The number of aliphatic hydroxyl groups is 2. The van der Waals surface area contributed by atoms with Crippen molar-refractivity contribution < 1.29 is 14.9 Å². The minimum absolute atomic E-state index is 0.0851. The Morgan fingerprint density at radius 2 is 0.829 bits per heavy atom. The standard InChI is InChI=1S/C30H60Cl2O3/c1-5-9-11-13-15-17-19-21-27(31)25(29(33)7-3)23-35-24-26(30(34)8-4)28(32)22-20-18-16-14-12-10-6-2/h25-30,33-34H,5-24H2,1-4H3. The largest absolute Gasteiger partial charge is 0.393 e. The van der Waals surface area contributed by atoms with Gasteiger partial charge in [-0.25, -0.2) is 0 Å². The van der Waals surface area contributed by atoms with E-state index in [9.17, 15) is 10.2 Å². The van der Waals surface area contributed by atoms with Crippen LogP contribution in [0, 0.1) is 11.8 Å². The first-order chi connectivity index (χ1) is 16.9. The van der Waals surface area contributed by atoms with E-state index in [1.54, 1.807) is 0 Å². The molecule has 0 fully saturated rings. The molecule has 2 N–H and O–H groups in total. The minimum Gasteiger partial charge on any atom is -0.393 e. The Morgan fingerprint density at radius 3 is 1.14 bits per heavy atom. The molecule has 0 aromatic rings. The fourth-order valence-electron chi connectivity index (χ4n) is 4.88. The number of alkyl halides is 2. The lowest BCUT2D eigenvalue weighted by molar-refractivity contribution is -0.0152. The van der Waals surface area contributed by atoms with Gasteiger partial charge in [-0.1, -0.05) is 118 Å². The third-order valence-corrected chi connectivity index (χ3v) is 8.63. The number of unbranched alkanes of at least 4 members (excludes halogenated alkanes) is 12. The summed E-state index contributed by atoms with van der Waals surface area (Å²) in [6, 6.07) is 0. The topological polar surface area (TPSA) is 49.7 Å². The van der Waals surface area contributed by atoms with Crippen LogP contribution in [-0.4, -0.2) is 46.4 Å². The van der Waals surface area contributed by atoms with E-state index in [0.717, 1.165) is 25.7 Å². The van der Waals surface area contributed by atoms with Gasteiger partial charge in [0.25, 0.3) is 0 Å². The van der Waals surface area contributed by atoms with Crippen molar-refractivity contribution >= 4 is 23.2 Å². The Bertz CT molecular complexity index is 400. The Morgan fingerprint density at radius 1 is 0.514 bits per heavy atom. The molecule has 35 heavy (non-hydrogen) atoms. The summed E-state index contributed by atoms with van der Waals surface area (Å²) in [5.41, 5.74) is 0. The lowest BCUT2D eigenvalue weighted by Gasteiger charge is -2.30. The van der Waals surface area contributed by atoms with Gasteiger partial charge in [-0.05, 0) is 25.7 Å². The molecule has 0 aliphatic rings. The first-order valence-electron chi connectivity index (χ1n) is 15.1. The summed E-state index contributed by atoms with van der Waals surface area (Å²) in [7, 11) is 0. The number of hydrogen-bond acceptors (Lipinski definition) is 3. The summed E-state index contributed by atoms with van der Waals surface area (Å²) < 4.78 is 6.10. The molecule has 5 heteroatoms. The van der Waals surface area contributed by atoms with Gasteiger partial charge < -0.3 is 14.9 Å². The second kappa shape index (κ2) is 24.8. The van der Waals surface area contributed by atoms with Gasteiger partial charge in [0.2, 0.25) is 0 Å². The highest BCUT2D eigenvalue weighted by Gasteiger charge is 2.29. The lowest BCUT2D eigenvalue weighted by Crippen LogP contribution is -2.36. The van der Waals surface area contributed by atoms with E-state index in [2.05, 4.69) is 13.8 Å². The van der Waals surface area contributed by atoms with E-state index in [1.165, 1.54) is 77.0 Å². The molecule has 0 rings (SSSR count). The molecular formula is C30H60Cl2O3. The van der Waals surface area contributed by atoms with Gasteiger partial charge in [-0.3, -0.25) is 0 Å². The van der Waals surface area contributed by atoms with Crippen LogP contribution < -0.4 is 0 Å². The molecule has 0 bridgehead atoms. The molecule has 0 saturated carbocycles. The SMILES string of the molecule is CCCCCCCCCC(Cl)C(COCC(C(O)CC)C(Cl)CCCCCCCCC)C(O)CC. The average Bonchev–Trinajstić information content (AvgIpc) is 2.86. The summed E-state index contributed by atoms with van der Waals surface area (Å²) >= 11 is 13.5. The quantitative estimate of drug-likeness (QED) is 0.0851. The molecule has 6 atom stereocenters.